The topological polar surface area (TPSA) is 46.3 Å². The molecule has 0 aliphatic rings. The third-order valence-corrected chi connectivity index (χ3v) is 1.23. The first-order valence-corrected chi connectivity index (χ1v) is 3.13. The molecule has 0 rings (SSSR count). The highest BCUT2D eigenvalue weighted by atomic mass is 16.2. The lowest BCUT2D eigenvalue weighted by Crippen LogP contribution is -2.31. The average molecular weight is 142 g/mol. The number of carbonyl (C=O) groups excluding carboxylic acids is 1. The predicted molar refractivity (Wildman–Crippen MR) is 41.5 cm³/mol. The maximum atomic E-state index is 11.0. The van der Waals surface area contributed by atoms with Gasteiger partial charge in [0.05, 0.1) is 0 Å². The minimum Gasteiger partial charge on any atom is -0.345 e. The van der Waals surface area contributed by atoms with Crippen LogP contribution in [0.25, 0.3) is 0 Å². The summed E-state index contributed by atoms with van der Waals surface area (Å²) in [4.78, 5) is 12.5. The Bertz CT molecular complexity index is 132. The molecule has 3 heteroatoms. The molecular formula is C7H14N2O. The summed E-state index contributed by atoms with van der Waals surface area (Å²) in [5.74, 6) is -0.102. The van der Waals surface area contributed by atoms with Crippen LogP contribution in [0.15, 0.2) is 12.2 Å². The fraction of sp³-hybridized carbons (Fsp3) is 0.571. The van der Waals surface area contributed by atoms with Crippen LogP contribution in [-0.2, 0) is 4.79 Å². The Morgan fingerprint density at radius 3 is 2.10 bits per heavy atom. The number of nitrogens with two attached hydrogens (primary N) is 1. The molecule has 2 N–H and O–H groups in total. The van der Waals surface area contributed by atoms with Crippen LogP contribution in [0.3, 0.4) is 0 Å². The monoisotopic (exact) mass is 142 g/mol. The predicted octanol–water partition coefficient (Wildman–Crippen LogP) is -0.0220. The molecule has 1 atom stereocenters. The van der Waals surface area contributed by atoms with Crippen molar-refractivity contribution in [3.63, 3.8) is 0 Å². The maximum Gasteiger partial charge on any atom is 0.250 e. The molecule has 0 saturated heterocycles. The summed E-state index contributed by atoms with van der Waals surface area (Å²) in [6.45, 7) is 5.30. The minimum absolute atomic E-state index is 0.102. The van der Waals surface area contributed by atoms with E-state index in [1.807, 2.05) is 0 Å². The SMILES string of the molecule is C=C(C(=O)N(C)C)C(C)N. The second-order valence-electron chi connectivity index (χ2n) is 2.51. The van der Waals surface area contributed by atoms with E-state index < -0.39 is 0 Å². The van der Waals surface area contributed by atoms with E-state index in [0.717, 1.165) is 0 Å². The second-order valence-corrected chi connectivity index (χ2v) is 2.51. The third kappa shape index (κ3) is 2.19. The lowest BCUT2D eigenvalue weighted by atomic mass is 10.1. The number of hydrogen-bond donors (Lipinski definition) is 1. The summed E-state index contributed by atoms with van der Waals surface area (Å²) in [5, 5.41) is 0. The van der Waals surface area contributed by atoms with E-state index in [1.165, 1.54) is 4.90 Å². The van der Waals surface area contributed by atoms with E-state index in [9.17, 15) is 4.79 Å². The van der Waals surface area contributed by atoms with E-state index in [0.29, 0.717) is 5.57 Å². The van der Waals surface area contributed by atoms with Crippen molar-refractivity contribution in [1.29, 1.82) is 0 Å². The number of amides is 1. The van der Waals surface area contributed by atoms with Crippen LogP contribution in [0.4, 0.5) is 0 Å². The zero-order chi connectivity index (χ0) is 8.31. The minimum atomic E-state index is -0.255. The largest absolute Gasteiger partial charge is 0.345 e. The molecule has 0 aromatic rings. The molecule has 0 heterocycles. The lowest BCUT2D eigenvalue weighted by Gasteiger charge is -2.14. The van der Waals surface area contributed by atoms with Gasteiger partial charge in [-0.05, 0) is 6.92 Å². The molecule has 0 aliphatic carbocycles. The normalized spacial score (nSPS) is 12.4. The van der Waals surface area contributed by atoms with Gasteiger partial charge >= 0.3 is 0 Å². The first-order chi connectivity index (χ1) is 4.46. The summed E-state index contributed by atoms with van der Waals surface area (Å²) < 4.78 is 0. The molecular weight excluding hydrogens is 128 g/mol. The Labute approximate surface area is 61.5 Å². The number of carbonyl (C=O) groups is 1. The Hall–Kier alpha value is -0.830. The smallest absolute Gasteiger partial charge is 0.250 e. The van der Waals surface area contributed by atoms with E-state index >= 15 is 0 Å². The van der Waals surface area contributed by atoms with Crippen molar-refractivity contribution in [2.45, 2.75) is 13.0 Å². The van der Waals surface area contributed by atoms with E-state index in [1.54, 1.807) is 21.0 Å². The Morgan fingerprint density at radius 2 is 2.00 bits per heavy atom. The van der Waals surface area contributed by atoms with Gasteiger partial charge in [0.1, 0.15) is 0 Å². The Morgan fingerprint density at radius 1 is 1.60 bits per heavy atom. The van der Waals surface area contributed by atoms with Gasteiger partial charge in [0.2, 0.25) is 5.91 Å². The van der Waals surface area contributed by atoms with E-state index in [2.05, 4.69) is 6.58 Å². The molecule has 0 aromatic carbocycles. The molecule has 58 valence electrons. The zero-order valence-electron chi connectivity index (χ0n) is 6.72. The van der Waals surface area contributed by atoms with E-state index in [4.69, 9.17) is 5.73 Å². The highest BCUT2D eigenvalue weighted by molar-refractivity contribution is 5.93. The molecule has 0 saturated carbocycles. The number of likely N-dealkylation sites (N-methyl/N-ethyl adjacent to an activating group) is 1. The number of hydrogen-bond acceptors (Lipinski definition) is 2. The second kappa shape index (κ2) is 3.37. The van der Waals surface area contributed by atoms with Crippen LogP contribution < -0.4 is 5.73 Å². The first kappa shape index (κ1) is 9.17. The summed E-state index contributed by atoms with van der Waals surface area (Å²) in [7, 11) is 3.35. The summed E-state index contributed by atoms with van der Waals surface area (Å²) in [5.41, 5.74) is 5.88. The van der Waals surface area contributed by atoms with Crippen LogP contribution in [-0.4, -0.2) is 30.9 Å². The zero-order valence-corrected chi connectivity index (χ0v) is 6.72. The van der Waals surface area contributed by atoms with Gasteiger partial charge in [0.15, 0.2) is 0 Å². The summed E-state index contributed by atoms with van der Waals surface area (Å²) in [6, 6.07) is -0.255. The number of rotatable bonds is 2. The lowest BCUT2D eigenvalue weighted by molar-refractivity contribution is -0.124. The van der Waals surface area contributed by atoms with Gasteiger partial charge in [-0.15, -0.1) is 0 Å². The van der Waals surface area contributed by atoms with Crippen LogP contribution >= 0.6 is 0 Å². The van der Waals surface area contributed by atoms with Crippen LogP contribution in [0.1, 0.15) is 6.92 Å². The maximum absolute atomic E-state index is 11.0. The molecule has 3 nitrogen and oxygen atoms in total. The van der Waals surface area contributed by atoms with Crippen molar-refractivity contribution in [3.05, 3.63) is 12.2 Å². The molecule has 0 spiro atoms. The van der Waals surface area contributed by atoms with Crippen molar-refractivity contribution in [2.75, 3.05) is 14.1 Å². The van der Waals surface area contributed by atoms with Gasteiger partial charge in [-0.2, -0.15) is 0 Å². The Kier molecular flexibility index (Phi) is 3.09. The first-order valence-electron chi connectivity index (χ1n) is 3.13. The molecule has 0 radical (unpaired) electrons. The fourth-order valence-electron chi connectivity index (χ4n) is 0.482. The van der Waals surface area contributed by atoms with Crippen molar-refractivity contribution < 1.29 is 4.79 Å². The van der Waals surface area contributed by atoms with Gasteiger partial charge in [0.25, 0.3) is 0 Å². The molecule has 0 aliphatic heterocycles. The molecule has 1 amide bonds. The quantitative estimate of drug-likeness (QED) is 0.551. The van der Waals surface area contributed by atoms with E-state index in [-0.39, 0.29) is 11.9 Å². The van der Waals surface area contributed by atoms with Crippen molar-refractivity contribution >= 4 is 5.91 Å². The summed E-state index contributed by atoms with van der Waals surface area (Å²) >= 11 is 0. The van der Waals surface area contributed by atoms with Gasteiger partial charge in [-0.3, -0.25) is 4.79 Å². The van der Waals surface area contributed by atoms with Crippen molar-refractivity contribution in [2.24, 2.45) is 5.73 Å². The highest BCUT2D eigenvalue weighted by Gasteiger charge is 2.11. The van der Waals surface area contributed by atoms with Crippen molar-refractivity contribution in [3.8, 4) is 0 Å². The number of nitrogens with zero attached hydrogens (tertiary/aromatic N) is 1. The molecule has 0 fully saturated rings. The molecule has 1 unspecified atom stereocenters. The standard InChI is InChI=1S/C7H14N2O/c1-5(6(2)8)7(10)9(3)4/h6H,1,8H2,2-4H3. The van der Waals surface area contributed by atoms with Gasteiger partial charge in [-0.25, -0.2) is 0 Å². The van der Waals surface area contributed by atoms with Gasteiger partial charge in [-0.1, -0.05) is 6.58 Å². The summed E-state index contributed by atoms with van der Waals surface area (Å²) in [6.07, 6.45) is 0. The third-order valence-electron chi connectivity index (χ3n) is 1.23. The molecule has 0 bridgehead atoms. The van der Waals surface area contributed by atoms with Crippen LogP contribution in [0, 0.1) is 0 Å². The van der Waals surface area contributed by atoms with Gasteiger partial charge < -0.3 is 10.6 Å². The average Bonchev–Trinajstić information content (AvgIpc) is 1.84. The Balaban J connectivity index is 4.10. The molecule has 0 aromatic heterocycles. The fourth-order valence-corrected chi connectivity index (χ4v) is 0.482. The van der Waals surface area contributed by atoms with Crippen molar-refractivity contribution in [1.82, 2.24) is 4.90 Å². The molecule has 10 heavy (non-hydrogen) atoms. The van der Waals surface area contributed by atoms with Gasteiger partial charge in [0, 0.05) is 25.7 Å². The highest BCUT2D eigenvalue weighted by Crippen LogP contribution is 1.98. The van der Waals surface area contributed by atoms with Crippen LogP contribution in [0.2, 0.25) is 0 Å². The van der Waals surface area contributed by atoms with Crippen LogP contribution in [0.5, 0.6) is 0 Å².